The molecule has 3 aliphatic heterocycles. The average molecular weight is 407 g/mol. The number of rotatable bonds is 3. The van der Waals surface area contributed by atoms with Gasteiger partial charge in [0.05, 0.1) is 6.54 Å². The second-order valence-electron chi connectivity index (χ2n) is 9.26. The van der Waals surface area contributed by atoms with E-state index in [1.165, 1.54) is 23.2 Å². The molecule has 4 heterocycles. The van der Waals surface area contributed by atoms with Gasteiger partial charge in [0.25, 0.3) is 5.56 Å². The van der Waals surface area contributed by atoms with Crippen LogP contribution in [0.15, 0.2) is 35.1 Å². The number of carbonyl (C=O) groups excluding carboxylic acids is 1. The third-order valence-corrected chi connectivity index (χ3v) is 6.80. The summed E-state index contributed by atoms with van der Waals surface area (Å²) in [5, 5.41) is 3.49. The smallest absolute Gasteiger partial charge is 0.255 e. The first-order valence-electron chi connectivity index (χ1n) is 11.0. The summed E-state index contributed by atoms with van der Waals surface area (Å²) in [6.45, 7) is 9.22. The van der Waals surface area contributed by atoms with Crippen LogP contribution in [0.4, 0.5) is 5.69 Å². The van der Waals surface area contributed by atoms with Crippen molar-refractivity contribution < 1.29 is 4.79 Å². The highest BCUT2D eigenvalue weighted by molar-refractivity contribution is 5.95. The van der Waals surface area contributed by atoms with Gasteiger partial charge in [-0.05, 0) is 62.1 Å². The zero-order valence-corrected chi connectivity index (χ0v) is 17.9. The monoisotopic (exact) mass is 406 g/mol. The number of piperidine rings is 1. The Morgan fingerprint density at radius 2 is 1.83 bits per heavy atom. The van der Waals surface area contributed by atoms with E-state index in [4.69, 9.17) is 0 Å². The third-order valence-electron chi connectivity index (χ3n) is 6.80. The Morgan fingerprint density at radius 1 is 1.03 bits per heavy atom. The Labute approximate surface area is 177 Å². The lowest BCUT2D eigenvalue weighted by molar-refractivity contribution is -0.121. The molecule has 2 saturated heterocycles. The van der Waals surface area contributed by atoms with Crippen molar-refractivity contribution in [3.05, 3.63) is 63.1 Å². The van der Waals surface area contributed by atoms with E-state index in [-0.39, 0.29) is 11.5 Å². The minimum Gasteiger partial charge on any atom is -0.316 e. The Hall–Kier alpha value is -2.44. The summed E-state index contributed by atoms with van der Waals surface area (Å²) in [5.41, 5.74) is 5.42. The molecule has 1 aromatic heterocycles. The maximum atomic E-state index is 13.2. The minimum absolute atomic E-state index is 0.102. The fourth-order valence-electron chi connectivity index (χ4n) is 5.43. The van der Waals surface area contributed by atoms with Crippen LogP contribution in [0.25, 0.3) is 0 Å². The van der Waals surface area contributed by atoms with Gasteiger partial charge in [-0.25, -0.2) is 0 Å². The van der Waals surface area contributed by atoms with Crippen LogP contribution < -0.4 is 15.8 Å². The van der Waals surface area contributed by atoms with Crippen molar-refractivity contribution in [2.24, 2.45) is 5.92 Å². The highest BCUT2D eigenvalue weighted by Crippen LogP contribution is 2.31. The predicted octanol–water partition coefficient (Wildman–Crippen LogP) is 2.02. The van der Waals surface area contributed by atoms with Gasteiger partial charge in [-0.3, -0.25) is 14.5 Å². The van der Waals surface area contributed by atoms with Crippen LogP contribution in [0.5, 0.6) is 0 Å². The van der Waals surface area contributed by atoms with Crippen molar-refractivity contribution in [3.8, 4) is 0 Å². The molecule has 0 unspecified atom stereocenters. The van der Waals surface area contributed by atoms with E-state index in [1.807, 2.05) is 15.5 Å². The SMILES string of the molecule is Cc1cc(C)cc(N2CCN(Cc3ccc4n(c3=O)C[C@@H]3CNC[C@H]4C3)CC2=O)c1. The number of fused-ring (bicyclic) bond motifs is 4. The molecule has 0 saturated carbocycles. The van der Waals surface area contributed by atoms with Crippen molar-refractivity contribution in [1.82, 2.24) is 14.8 Å². The molecule has 1 amide bonds. The van der Waals surface area contributed by atoms with Crippen LogP contribution in [0.3, 0.4) is 0 Å². The second-order valence-corrected chi connectivity index (χ2v) is 9.26. The number of nitrogens with zero attached hydrogens (tertiary/aromatic N) is 3. The highest BCUT2D eigenvalue weighted by Gasteiger charge is 2.32. The van der Waals surface area contributed by atoms with Crippen LogP contribution in [-0.2, 0) is 17.9 Å². The molecular weight excluding hydrogens is 376 g/mol. The Balaban J connectivity index is 1.31. The molecule has 2 bridgehead atoms. The zero-order chi connectivity index (χ0) is 20.8. The van der Waals surface area contributed by atoms with Crippen LogP contribution in [0.1, 0.15) is 34.7 Å². The molecule has 3 aliphatic rings. The lowest BCUT2D eigenvalue weighted by Crippen LogP contribution is -2.51. The molecule has 1 N–H and O–H groups in total. The molecule has 30 heavy (non-hydrogen) atoms. The Kier molecular flexibility index (Phi) is 4.99. The van der Waals surface area contributed by atoms with Crippen molar-refractivity contribution >= 4 is 11.6 Å². The fourth-order valence-corrected chi connectivity index (χ4v) is 5.43. The molecule has 5 rings (SSSR count). The normalized spacial score (nSPS) is 24.1. The standard InChI is InChI=1S/C24H30N4O2/c1-16-7-17(2)9-21(8-16)27-6-5-26(15-23(27)29)14-19-3-4-22-20-10-18(11-25-12-20)13-28(22)24(19)30/h3-4,7-9,18,20,25H,5-6,10-15H2,1-2H3/t18-,20+/m0/s1. The van der Waals surface area contributed by atoms with Crippen LogP contribution in [0.2, 0.25) is 0 Å². The Bertz CT molecular complexity index is 1020. The van der Waals surface area contributed by atoms with Crippen molar-refractivity contribution in [2.45, 2.75) is 39.3 Å². The number of benzene rings is 1. The van der Waals surface area contributed by atoms with Gasteiger partial charge in [0, 0.05) is 55.6 Å². The maximum Gasteiger partial charge on any atom is 0.255 e. The summed E-state index contributed by atoms with van der Waals surface area (Å²) in [7, 11) is 0. The summed E-state index contributed by atoms with van der Waals surface area (Å²) in [4.78, 5) is 30.0. The predicted molar refractivity (Wildman–Crippen MR) is 118 cm³/mol. The summed E-state index contributed by atoms with van der Waals surface area (Å²) < 4.78 is 2.00. The van der Waals surface area contributed by atoms with Gasteiger partial charge in [0.1, 0.15) is 0 Å². The van der Waals surface area contributed by atoms with E-state index < -0.39 is 0 Å². The summed E-state index contributed by atoms with van der Waals surface area (Å²) in [6.07, 6.45) is 1.18. The number of hydrogen-bond donors (Lipinski definition) is 1. The van der Waals surface area contributed by atoms with Gasteiger partial charge in [-0.1, -0.05) is 12.1 Å². The largest absolute Gasteiger partial charge is 0.316 e. The van der Waals surface area contributed by atoms with Crippen LogP contribution >= 0.6 is 0 Å². The number of pyridine rings is 1. The van der Waals surface area contributed by atoms with Crippen molar-refractivity contribution in [1.29, 1.82) is 0 Å². The first-order chi connectivity index (χ1) is 14.5. The molecule has 0 aliphatic carbocycles. The number of carbonyl (C=O) groups is 1. The van der Waals surface area contributed by atoms with Crippen LogP contribution in [-0.4, -0.2) is 48.1 Å². The summed E-state index contributed by atoms with van der Waals surface area (Å²) in [6, 6.07) is 10.4. The van der Waals surface area contributed by atoms with E-state index >= 15 is 0 Å². The topological polar surface area (TPSA) is 57.6 Å². The third kappa shape index (κ3) is 3.59. The van der Waals surface area contributed by atoms with E-state index in [9.17, 15) is 9.59 Å². The fraction of sp³-hybridized carbons (Fsp3) is 0.500. The molecular formula is C24H30N4O2. The number of hydrogen-bond acceptors (Lipinski definition) is 4. The zero-order valence-electron chi connectivity index (χ0n) is 17.9. The molecule has 2 aromatic rings. The second kappa shape index (κ2) is 7.67. The lowest BCUT2D eigenvalue weighted by atomic mass is 9.84. The van der Waals surface area contributed by atoms with Crippen molar-refractivity contribution in [3.63, 3.8) is 0 Å². The van der Waals surface area contributed by atoms with Gasteiger partial charge >= 0.3 is 0 Å². The average Bonchev–Trinajstić information content (AvgIpc) is 2.70. The summed E-state index contributed by atoms with van der Waals surface area (Å²) >= 11 is 0. The molecule has 2 fully saturated rings. The maximum absolute atomic E-state index is 13.2. The number of nitrogens with one attached hydrogen (secondary N) is 1. The number of piperazine rings is 1. The van der Waals surface area contributed by atoms with Gasteiger partial charge < -0.3 is 14.8 Å². The number of aryl methyl sites for hydroxylation is 2. The number of amides is 1. The molecule has 2 atom stereocenters. The minimum atomic E-state index is 0.102. The molecule has 0 radical (unpaired) electrons. The number of aromatic nitrogens is 1. The van der Waals surface area contributed by atoms with Gasteiger partial charge in [-0.2, -0.15) is 0 Å². The molecule has 158 valence electrons. The number of anilines is 1. The van der Waals surface area contributed by atoms with Gasteiger partial charge in [0.2, 0.25) is 5.91 Å². The molecule has 6 heteroatoms. The first-order valence-corrected chi connectivity index (χ1v) is 11.0. The molecule has 1 aromatic carbocycles. The van der Waals surface area contributed by atoms with Crippen LogP contribution in [0, 0.1) is 19.8 Å². The molecule has 6 nitrogen and oxygen atoms in total. The quantitative estimate of drug-likeness (QED) is 0.847. The lowest BCUT2D eigenvalue weighted by Gasteiger charge is -2.38. The van der Waals surface area contributed by atoms with Crippen molar-refractivity contribution in [2.75, 3.05) is 37.6 Å². The highest BCUT2D eigenvalue weighted by atomic mass is 16.2. The van der Waals surface area contributed by atoms with E-state index in [2.05, 4.69) is 48.3 Å². The first kappa shape index (κ1) is 19.5. The Morgan fingerprint density at radius 3 is 2.60 bits per heavy atom. The van der Waals surface area contributed by atoms with Gasteiger partial charge in [0.15, 0.2) is 0 Å². The van der Waals surface area contributed by atoms with E-state index in [0.29, 0.717) is 31.5 Å². The van der Waals surface area contributed by atoms with E-state index in [1.54, 1.807) is 0 Å². The van der Waals surface area contributed by atoms with Gasteiger partial charge in [-0.15, -0.1) is 0 Å². The summed E-state index contributed by atoms with van der Waals surface area (Å²) in [5.74, 6) is 1.10. The van der Waals surface area contributed by atoms with E-state index in [0.717, 1.165) is 37.4 Å². The molecule has 0 spiro atoms.